The average molecular weight is 368 g/mol. The molecule has 0 N–H and O–H groups in total. The molecule has 3 rings (SSSR count). The van der Waals surface area contributed by atoms with Crippen molar-refractivity contribution in [2.24, 2.45) is 0 Å². The van der Waals surface area contributed by atoms with E-state index in [0.29, 0.717) is 18.2 Å². The van der Waals surface area contributed by atoms with Crippen molar-refractivity contribution in [1.82, 2.24) is 9.88 Å². The van der Waals surface area contributed by atoms with Crippen molar-refractivity contribution in [3.05, 3.63) is 53.6 Å². The van der Waals surface area contributed by atoms with E-state index in [1.165, 1.54) is 0 Å². The topological polar surface area (TPSA) is 72.6 Å². The monoisotopic (exact) mass is 368 g/mol. The number of carbonyl (C=O) groups is 2. The van der Waals surface area contributed by atoms with E-state index in [1.807, 2.05) is 37.3 Å². The van der Waals surface area contributed by atoms with Crippen LogP contribution in [0, 0.1) is 6.92 Å². The highest BCUT2D eigenvalue weighted by molar-refractivity contribution is 5.91. The Kier molecular flexibility index (Phi) is 6.06. The first-order valence-electron chi connectivity index (χ1n) is 9.29. The van der Waals surface area contributed by atoms with Gasteiger partial charge in [-0.05, 0) is 51.7 Å². The summed E-state index contributed by atoms with van der Waals surface area (Å²) in [5.74, 6) is -0.147. The van der Waals surface area contributed by atoms with Gasteiger partial charge in [0.05, 0.1) is 0 Å². The van der Waals surface area contributed by atoms with Gasteiger partial charge in [0.2, 0.25) is 5.89 Å². The summed E-state index contributed by atoms with van der Waals surface area (Å²) in [5.41, 5.74) is 1.90. The number of allylic oxidation sites excluding steroid dienone is 2. The Bertz CT molecular complexity index is 839. The number of aromatic nitrogens is 1. The first kappa shape index (κ1) is 18.9. The number of esters is 1. The van der Waals surface area contributed by atoms with Crippen LogP contribution >= 0.6 is 0 Å². The number of rotatable bonds is 6. The number of amides is 1. The van der Waals surface area contributed by atoms with E-state index in [2.05, 4.69) is 11.1 Å². The summed E-state index contributed by atoms with van der Waals surface area (Å²) in [6.07, 6.45) is 6.20. The van der Waals surface area contributed by atoms with Gasteiger partial charge in [-0.3, -0.25) is 4.79 Å². The van der Waals surface area contributed by atoms with Crippen molar-refractivity contribution in [2.45, 2.75) is 39.5 Å². The van der Waals surface area contributed by atoms with E-state index in [-0.39, 0.29) is 18.2 Å². The molecule has 0 saturated carbocycles. The van der Waals surface area contributed by atoms with Crippen molar-refractivity contribution >= 4 is 11.9 Å². The van der Waals surface area contributed by atoms with Crippen molar-refractivity contribution in [1.29, 1.82) is 0 Å². The Morgan fingerprint density at radius 3 is 2.67 bits per heavy atom. The lowest BCUT2D eigenvalue weighted by Crippen LogP contribution is -2.34. The quantitative estimate of drug-likeness (QED) is 0.718. The molecule has 0 saturated heterocycles. The molecule has 0 atom stereocenters. The second-order valence-corrected chi connectivity index (χ2v) is 6.45. The minimum Gasteiger partial charge on any atom is -0.451 e. The van der Waals surface area contributed by atoms with Crippen molar-refractivity contribution < 1.29 is 18.7 Å². The first-order valence-corrected chi connectivity index (χ1v) is 9.29. The molecule has 2 aromatic rings. The average Bonchev–Trinajstić information content (AvgIpc) is 3.10. The Morgan fingerprint density at radius 2 is 2.00 bits per heavy atom. The SMILES string of the molecule is CCN(C(=O)COC(=O)c1nc(-c2ccccc2)oc1C)C1=CCCCC1. The lowest BCUT2D eigenvalue weighted by molar-refractivity contribution is -0.132. The van der Waals surface area contributed by atoms with E-state index in [1.54, 1.807) is 11.8 Å². The Balaban J connectivity index is 1.64. The maximum absolute atomic E-state index is 12.5. The molecule has 1 aromatic carbocycles. The second-order valence-electron chi connectivity index (χ2n) is 6.45. The highest BCUT2D eigenvalue weighted by Crippen LogP contribution is 2.23. The smallest absolute Gasteiger partial charge is 0.361 e. The van der Waals surface area contributed by atoms with Gasteiger partial charge in [-0.15, -0.1) is 0 Å². The Hall–Kier alpha value is -2.89. The Morgan fingerprint density at radius 1 is 1.22 bits per heavy atom. The predicted octanol–water partition coefficient (Wildman–Crippen LogP) is 4.11. The highest BCUT2D eigenvalue weighted by Gasteiger charge is 2.23. The molecule has 142 valence electrons. The van der Waals surface area contributed by atoms with Gasteiger partial charge >= 0.3 is 5.97 Å². The summed E-state index contributed by atoms with van der Waals surface area (Å²) < 4.78 is 10.8. The van der Waals surface area contributed by atoms with Crippen LogP contribution in [0.5, 0.6) is 0 Å². The van der Waals surface area contributed by atoms with Crippen molar-refractivity contribution in [3.8, 4) is 11.5 Å². The Labute approximate surface area is 158 Å². The number of ether oxygens (including phenoxy) is 1. The molecule has 1 aliphatic carbocycles. The molecule has 0 spiro atoms. The molecule has 0 bridgehead atoms. The third-order valence-corrected chi connectivity index (χ3v) is 4.57. The molecule has 27 heavy (non-hydrogen) atoms. The molecule has 6 nitrogen and oxygen atoms in total. The van der Waals surface area contributed by atoms with Gasteiger partial charge in [0, 0.05) is 17.8 Å². The van der Waals surface area contributed by atoms with Crippen LogP contribution in [0.4, 0.5) is 0 Å². The fourth-order valence-electron chi connectivity index (χ4n) is 3.17. The molecule has 0 unspecified atom stereocenters. The van der Waals surface area contributed by atoms with Crippen LogP contribution in [0.25, 0.3) is 11.5 Å². The summed E-state index contributed by atoms with van der Waals surface area (Å²) in [7, 11) is 0. The number of likely N-dealkylation sites (N-methyl/N-ethyl adjacent to an activating group) is 1. The molecule has 6 heteroatoms. The maximum atomic E-state index is 12.5. The number of carbonyl (C=O) groups excluding carboxylic acids is 2. The zero-order valence-corrected chi connectivity index (χ0v) is 15.7. The highest BCUT2D eigenvalue weighted by atomic mass is 16.5. The first-order chi connectivity index (χ1) is 13.1. The molecule has 1 aromatic heterocycles. The van der Waals surface area contributed by atoms with Crippen LogP contribution in [-0.4, -0.2) is 34.9 Å². The molecule has 1 heterocycles. The number of hydrogen-bond donors (Lipinski definition) is 0. The number of benzene rings is 1. The standard InChI is InChI=1S/C21H24N2O4/c1-3-23(17-12-8-5-9-13-17)18(24)14-26-21(25)19-15(2)27-20(22-19)16-10-6-4-7-11-16/h4,6-7,10-12H,3,5,8-9,13-14H2,1-2H3. The van der Waals surface area contributed by atoms with Gasteiger partial charge in [0.25, 0.3) is 5.91 Å². The number of nitrogens with zero attached hydrogens (tertiary/aromatic N) is 2. The summed E-state index contributed by atoms with van der Waals surface area (Å²) in [6.45, 7) is 3.83. The molecule has 0 radical (unpaired) electrons. The van der Waals surface area contributed by atoms with Crippen LogP contribution in [0.15, 0.2) is 46.5 Å². The van der Waals surface area contributed by atoms with Gasteiger partial charge in [-0.25, -0.2) is 9.78 Å². The fourth-order valence-corrected chi connectivity index (χ4v) is 3.17. The zero-order chi connectivity index (χ0) is 19.2. The van der Waals surface area contributed by atoms with Crippen LogP contribution in [0.2, 0.25) is 0 Å². The molecule has 1 aliphatic rings. The van der Waals surface area contributed by atoms with Gasteiger partial charge in [0.15, 0.2) is 12.3 Å². The summed E-state index contributed by atoms with van der Waals surface area (Å²) >= 11 is 0. The van der Waals surface area contributed by atoms with Gasteiger partial charge < -0.3 is 14.1 Å². The maximum Gasteiger partial charge on any atom is 0.361 e. The molecular weight excluding hydrogens is 344 g/mol. The van der Waals surface area contributed by atoms with Crippen LogP contribution in [0.3, 0.4) is 0 Å². The van der Waals surface area contributed by atoms with E-state index in [0.717, 1.165) is 36.9 Å². The number of oxazole rings is 1. The van der Waals surface area contributed by atoms with Crippen molar-refractivity contribution in [2.75, 3.05) is 13.2 Å². The summed E-state index contributed by atoms with van der Waals surface area (Å²) in [4.78, 5) is 30.8. The molecule has 0 aliphatic heterocycles. The zero-order valence-electron chi connectivity index (χ0n) is 15.7. The van der Waals surface area contributed by atoms with E-state index in [4.69, 9.17) is 9.15 Å². The lowest BCUT2D eigenvalue weighted by Gasteiger charge is -2.26. The number of hydrogen-bond acceptors (Lipinski definition) is 5. The van der Waals surface area contributed by atoms with E-state index >= 15 is 0 Å². The third-order valence-electron chi connectivity index (χ3n) is 4.57. The summed E-state index contributed by atoms with van der Waals surface area (Å²) in [6, 6.07) is 9.32. The largest absolute Gasteiger partial charge is 0.451 e. The van der Waals surface area contributed by atoms with Crippen LogP contribution in [0.1, 0.15) is 48.9 Å². The third kappa shape index (κ3) is 4.45. The second kappa shape index (κ2) is 8.66. The van der Waals surface area contributed by atoms with Gasteiger partial charge in [-0.1, -0.05) is 24.3 Å². The minimum absolute atomic E-state index is 0.0987. The molecule has 1 amide bonds. The van der Waals surface area contributed by atoms with Gasteiger partial charge in [-0.2, -0.15) is 0 Å². The van der Waals surface area contributed by atoms with Crippen LogP contribution in [-0.2, 0) is 9.53 Å². The molecular formula is C21H24N2O4. The van der Waals surface area contributed by atoms with E-state index < -0.39 is 5.97 Å². The fraction of sp³-hybridized carbons (Fsp3) is 0.381. The minimum atomic E-state index is -0.652. The normalized spacial score (nSPS) is 13.8. The van der Waals surface area contributed by atoms with Crippen molar-refractivity contribution in [3.63, 3.8) is 0 Å². The summed E-state index contributed by atoms with van der Waals surface area (Å²) in [5, 5.41) is 0. The molecule has 0 fully saturated rings. The number of aryl methyl sites for hydroxylation is 1. The predicted molar refractivity (Wildman–Crippen MR) is 101 cm³/mol. The van der Waals surface area contributed by atoms with Gasteiger partial charge in [0.1, 0.15) is 5.76 Å². The van der Waals surface area contributed by atoms with Crippen LogP contribution < -0.4 is 0 Å². The van der Waals surface area contributed by atoms with E-state index in [9.17, 15) is 9.59 Å². The lowest BCUT2D eigenvalue weighted by atomic mass is 10.0.